The zero-order valence-electron chi connectivity index (χ0n) is 15.7. The van der Waals surface area contributed by atoms with Crippen molar-refractivity contribution in [2.75, 3.05) is 6.61 Å². The fourth-order valence-electron chi connectivity index (χ4n) is 3.32. The number of nitrogens with zero attached hydrogens (tertiary/aromatic N) is 3. The second-order valence-corrected chi connectivity index (χ2v) is 7.55. The van der Waals surface area contributed by atoms with Gasteiger partial charge in [-0.2, -0.15) is 5.10 Å². The normalized spacial score (nSPS) is 14.0. The average Bonchev–Trinajstić information content (AvgIpc) is 2.94. The Hall–Kier alpha value is -2.47. The molecule has 1 atom stereocenters. The van der Waals surface area contributed by atoms with Crippen LogP contribution in [0.5, 0.6) is 5.75 Å². The van der Waals surface area contributed by atoms with Gasteiger partial charge in [-0.05, 0) is 48.6 Å². The molecule has 1 aromatic carbocycles. The Bertz CT molecular complexity index is 917. The lowest BCUT2D eigenvalue weighted by atomic mass is 9.93. The third-order valence-electron chi connectivity index (χ3n) is 4.31. The van der Waals surface area contributed by atoms with Crippen LogP contribution in [0.1, 0.15) is 27.2 Å². The maximum Gasteiger partial charge on any atom is 0.165 e. The molecule has 5 nitrogen and oxygen atoms in total. The van der Waals surface area contributed by atoms with Crippen LogP contribution in [0.2, 0.25) is 0 Å². The van der Waals surface area contributed by atoms with Gasteiger partial charge in [0.1, 0.15) is 6.61 Å². The van der Waals surface area contributed by atoms with Crippen LogP contribution >= 0.6 is 0 Å². The first-order valence-electron chi connectivity index (χ1n) is 8.75. The highest BCUT2D eigenvalue weighted by atomic mass is 19.1. The van der Waals surface area contributed by atoms with E-state index in [-0.39, 0.29) is 12.4 Å². The Kier molecular flexibility index (Phi) is 4.96. The summed E-state index contributed by atoms with van der Waals surface area (Å²) in [5, 5.41) is 5.11. The summed E-state index contributed by atoms with van der Waals surface area (Å²) in [5.41, 5.74) is 8.15. The first-order chi connectivity index (χ1) is 12.3. The summed E-state index contributed by atoms with van der Waals surface area (Å²) >= 11 is 0. The van der Waals surface area contributed by atoms with E-state index in [0.717, 1.165) is 28.6 Å². The Morgan fingerprint density at radius 2 is 2.08 bits per heavy atom. The van der Waals surface area contributed by atoms with Crippen molar-refractivity contribution in [3.8, 4) is 16.9 Å². The van der Waals surface area contributed by atoms with Crippen LogP contribution in [0.15, 0.2) is 36.7 Å². The van der Waals surface area contributed by atoms with Gasteiger partial charge in [0.2, 0.25) is 0 Å². The molecule has 2 heterocycles. The van der Waals surface area contributed by atoms with E-state index >= 15 is 0 Å². The molecule has 0 amide bonds. The van der Waals surface area contributed by atoms with E-state index in [9.17, 15) is 4.39 Å². The number of pyridine rings is 1. The predicted molar refractivity (Wildman–Crippen MR) is 101 cm³/mol. The summed E-state index contributed by atoms with van der Waals surface area (Å²) in [7, 11) is 1.83. The number of rotatable bonds is 6. The number of hydrogen-bond donors (Lipinski definition) is 1. The molecule has 3 aromatic rings. The number of ether oxygens (including phenoxy) is 1. The molecule has 0 aliphatic heterocycles. The molecule has 0 saturated carbocycles. The van der Waals surface area contributed by atoms with Crippen LogP contribution in [0.4, 0.5) is 4.39 Å². The second kappa shape index (κ2) is 7.03. The Morgan fingerprint density at radius 3 is 2.77 bits per heavy atom. The van der Waals surface area contributed by atoms with Crippen molar-refractivity contribution in [2.45, 2.75) is 32.7 Å². The lowest BCUT2D eigenvalue weighted by molar-refractivity contribution is 0.200. The third-order valence-corrected chi connectivity index (χ3v) is 4.31. The van der Waals surface area contributed by atoms with Gasteiger partial charge in [0.25, 0.3) is 0 Å². The Labute approximate surface area is 153 Å². The minimum atomic E-state index is -0.494. The summed E-state index contributed by atoms with van der Waals surface area (Å²) in [6.07, 6.45) is 4.25. The van der Waals surface area contributed by atoms with Gasteiger partial charge >= 0.3 is 0 Å². The largest absolute Gasteiger partial charge is 0.489 e. The maximum atomic E-state index is 14.6. The number of aryl methyl sites for hydroxylation is 1. The third kappa shape index (κ3) is 3.85. The number of halogens is 1. The molecule has 0 fully saturated rings. The molecule has 2 aromatic heterocycles. The molecule has 26 heavy (non-hydrogen) atoms. The van der Waals surface area contributed by atoms with Crippen molar-refractivity contribution in [1.29, 1.82) is 0 Å². The lowest BCUT2D eigenvalue weighted by Gasteiger charge is -2.26. The number of aromatic nitrogens is 3. The van der Waals surface area contributed by atoms with Gasteiger partial charge in [-0.3, -0.25) is 4.68 Å². The highest BCUT2D eigenvalue weighted by molar-refractivity contribution is 5.92. The van der Waals surface area contributed by atoms with Crippen molar-refractivity contribution in [1.82, 2.24) is 14.8 Å². The molecule has 2 N–H and O–H groups in total. The van der Waals surface area contributed by atoms with E-state index in [4.69, 9.17) is 10.5 Å². The van der Waals surface area contributed by atoms with E-state index in [2.05, 4.69) is 23.9 Å². The summed E-state index contributed by atoms with van der Waals surface area (Å²) < 4.78 is 21.9. The Morgan fingerprint density at radius 1 is 1.31 bits per heavy atom. The van der Waals surface area contributed by atoms with Gasteiger partial charge in [0.15, 0.2) is 17.2 Å². The molecule has 0 bridgehead atoms. The molecule has 6 heteroatoms. The van der Waals surface area contributed by atoms with Crippen molar-refractivity contribution in [3.05, 3.63) is 42.5 Å². The molecular formula is C20H25FN4O. The van der Waals surface area contributed by atoms with E-state index in [1.165, 1.54) is 6.07 Å². The van der Waals surface area contributed by atoms with Crippen LogP contribution in [0.25, 0.3) is 22.2 Å². The van der Waals surface area contributed by atoms with E-state index in [0.29, 0.717) is 5.92 Å². The summed E-state index contributed by atoms with van der Waals surface area (Å²) in [4.78, 5) is 4.32. The summed E-state index contributed by atoms with van der Waals surface area (Å²) in [6.45, 7) is 6.40. The lowest BCUT2D eigenvalue weighted by Crippen LogP contribution is -2.43. The highest BCUT2D eigenvalue weighted by Gasteiger charge is 2.22. The quantitative estimate of drug-likeness (QED) is 0.727. The second-order valence-electron chi connectivity index (χ2n) is 7.55. The van der Waals surface area contributed by atoms with E-state index in [1.807, 2.05) is 26.1 Å². The fourth-order valence-corrected chi connectivity index (χ4v) is 3.32. The van der Waals surface area contributed by atoms with Gasteiger partial charge < -0.3 is 10.5 Å². The molecular weight excluding hydrogens is 331 g/mol. The molecule has 0 saturated heterocycles. The van der Waals surface area contributed by atoms with Crippen LogP contribution in [0, 0.1) is 11.7 Å². The molecule has 0 spiro atoms. The van der Waals surface area contributed by atoms with E-state index < -0.39 is 11.4 Å². The van der Waals surface area contributed by atoms with Crippen LogP contribution in [-0.2, 0) is 7.05 Å². The molecule has 0 aliphatic carbocycles. The first-order valence-corrected chi connectivity index (χ1v) is 8.75. The smallest absolute Gasteiger partial charge is 0.165 e. The molecule has 0 aliphatic rings. The van der Waals surface area contributed by atoms with Crippen LogP contribution in [0.3, 0.4) is 0 Å². The SMILES string of the molecule is CC(C)C[C@@](C)(N)COc1ccc(-c2ccnc3c2cnn3C)cc1F. The molecule has 3 rings (SSSR count). The van der Waals surface area contributed by atoms with Gasteiger partial charge in [-0.25, -0.2) is 9.37 Å². The van der Waals surface area contributed by atoms with Crippen LogP contribution < -0.4 is 10.5 Å². The van der Waals surface area contributed by atoms with Gasteiger partial charge in [-0.15, -0.1) is 0 Å². The van der Waals surface area contributed by atoms with Crippen molar-refractivity contribution >= 4 is 11.0 Å². The Balaban J connectivity index is 1.83. The number of nitrogens with two attached hydrogens (primary N) is 1. The van der Waals surface area contributed by atoms with Crippen molar-refractivity contribution in [3.63, 3.8) is 0 Å². The molecule has 0 radical (unpaired) electrons. The maximum absolute atomic E-state index is 14.6. The standard InChI is InChI=1S/C20H25FN4O/c1-13(2)10-20(3,22)12-26-18-6-5-14(9-17(18)21)15-7-8-23-19-16(15)11-24-25(19)4/h5-9,11,13H,10,12,22H2,1-4H3/t20-/m1/s1. The highest BCUT2D eigenvalue weighted by Crippen LogP contribution is 2.30. The zero-order valence-corrected chi connectivity index (χ0v) is 15.7. The number of fused-ring (bicyclic) bond motifs is 1. The number of benzene rings is 1. The molecule has 138 valence electrons. The van der Waals surface area contributed by atoms with Gasteiger partial charge in [0, 0.05) is 24.2 Å². The van der Waals surface area contributed by atoms with Gasteiger partial charge in [0.05, 0.1) is 6.20 Å². The topological polar surface area (TPSA) is 66.0 Å². The average molecular weight is 356 g/mol. The van der Waals surface area contributed by atoms with Gasteiger partial charge in [-0.1, -0.05) is 19.9 Å². The number of hydrogen-bond acceptors (Lipinski definition) is 4. The predicted octanol–water partition coefficient (Wildman–Crippen LogP) is 3.92. The zero-order chi connectivity index (χ0) is 18.9. The first kappa shape index (κ1) is 18.3. The summed E-state index contributed by atoms with van der Waals surface area (Å²) in [5.74, 6) is 0.261. The minimum absolute atomic E-state index is 0.214. The minimum Gasteiger partial charge on any atom is -0.489 e. The van der Waals surface area contributed by atoms with Crippen LogP contribution in [-0.4, -0.2) is 26.9 Å². The van der Waals surface area contributed by atoms with Crippen molar-refractivity contribution in [2.24, 2.45) is 18.7 Å². The molecule has 0 unspecified atom stereocenters. The van der Waals surface area contributed by atoms with Crippen molar-refractivity contribution < 1.29 is 9.13 Å². The summed E-state index contributed by atoms with van der Waals surface area (Å²) in [6, 6.07) is 6.83. The fraction of sp³-hybridized carbons (Fsp3) is 0.400. The van der Waals surface area contributed by atoms with E-state index in [1.54, 1.807) is 23.1 Å². The monoisotopic (exact) mass is 356 g/mol.